The van der Waals surface area contributed by atoms with E-state index >= 15 is 0 Å². The highest BCUT2D eigenvalue weighted by atomic mass is 16.3. The fraction of sp³-hybridized carbons (Fsp3) is 0.250. The molecule has 1 amide bonds. The average Bonchev–Trinajstić information content (AvgIpc) is 3.53. The van der Waals surface area contributed by atoms with Gasteiger partial charge in [-0.05, 0) is 59.4 Å². The summed E-state index contributed by atoms with van der Waals surface area (Å²) in [6.07, 6.45) is 7.69. The number of fused-ring (bicyclic) bond motifs is 1. The van der Waals surface area contributed by atoms with Crippen LogP contribution in [0.15, 0.2) is 78.4 Å². The summed E-state index contributed by atoms with van der Waals surface area (Å²) < 4.78 is 0. The number of aliphatic hydroxyl groups excluding tert-OH is 1. The number of aromatic nitrogens is 2. The lowest BCUT2D eigenvalue weighted by Crippen LogP contribution is -2.35. The minimum atomic E-state index is -0.138. The molecule has 6 heteroatoms. The van der Waals surface area contributed by atoms with E-state index in [-0.39, 0.29) is 17.9 Å². The Bertz CT molecular complexity index is 1480. The van der Waals surface area contributed by atoms with Gasteiger partial charge in [0.1, 0.15) is 0 Å². The molecular formula is C32H32N4O2. The van der Waals surface area contributed by atoms with Gasteiger partial charge in [0.25, 0.3) is 0 Å². The number of carbonyl (C=O) groups is 1. The summed E-state index contributed by atoms with van der Waals surface area (Å²) in [5.41, 5.74) is 7.15. The third-order valence-electron chi connectivity index (χ3n) is 7.62. The first-order chi connectivity index (χ1) is 18.6. The van der Waals surface area contributed by atoms with Crippen molar-refractivity contribution in [2.45, 2.75) is 31.4 Å². The highest BCUT2D eigenvalue weighted by molar-refractivity contribution is 6.02. The molecule has 3 aromatic carbocycles. The molecule has 38 heavy (non-hydrogen) atoms. The normalized spacial score (nSPS) is 20.1. The van der Waals surface area contributed by atoms with Crippen LogP contribution in [0.4, 0.5) is 0 Å². The van der Waals surface area contributed by atoms with E-state index in [0.29, 0.717) is 6.54 Å². The number of benzene rings is 3. The Hall–Kier alpha value is -4.00. The summed E-state index contributed by atoms with van der Waals surface area (Å²) in [7, 11) is 0. The van der Waals surface area contributed by atoms with Gasteiger partial charge in [0.05, 0.1) is 17.3 Å². The maximum Gasteiger partial charge on any atom is 0.247 e. The summed E-state index contributed by atoms with van der Waals surface area (Å²) in [4.78, 5) is 15.0. The SMILES string of the molecule is O=C1NCC(c2ccccc2)/C1=C\c1ccc2c(/C=C/c3ccc(CN4CCC(O)CC4)cc3)n[nH]c2c1. The molecule has 2 aliphatic heterocycles. The van der Waals surface area contributed by atoms with Crippen LogP contribution in [0.5, 0.6) is 0 Å². The van der Waals surface area contributed by atoms with Crippen molar-refractivity contribution in [3.8, 4) is 0 Å². The van der Waals surface area contributed by atoms with Gasteiger partial charge in [0, 0.05) is 43.1 Å². The topological polar surface area (TPSA) is 81.2 Å². The summed E-state index contributed by atoms with van der Waals surface area (Å²) in [6.45, 7) is 3.45. The standard InChI is InChI=1S/C32H32N4O2/c37-26-14-16-36(17-15-26)21-23-8-6-22(7-9-23)11-13-30-27-12-10-24(19-31(27)35-34-30)18-28-29(20-33-32(28)38)25-4-2-1-3-5-25/h1-13,18-19,26,29,37H,14-17,20-21H2,(H,33,38)(H,34,35)/b13-11+,28-18+. The van der Waals surface area contributed by atoms with E-state index in [9.17, 15) is 9.90 Å². The Morgan fingerprint density at radius 1 is 0.947 bits per heavy atom. The maximum absolute atomic E-state index is 12.6. The highest BCUT2D eigenvalue weighted by Crippen LogP contribution is 2.30. The quantitative estimate of drug-likeness (QED) is 0.323. The molecule has 1 aromatic heterocycles. The zero-order chi connectivity index (χ0) is 25.9. The number of H-pyrrole nitrogens is 1. The molecular weight excluding hydrogens is 472 g/mol. The Balaban J connectivity index is 1.16. The van der Waals surface area contributed by atoms with Gasteiger partial charge in [-0.25, -0.2) is 0 Å². The van der Waals surface area contributed by atoms with E-state index in [4.69, 9.17) is 0 Å². The van der Waals surface area contributed by atoms with Gasteiger partial charge in [-0.1, -0.05) is 66.7 Å². The molecule has 4 aromatic rings. The minimum Gasteiger partial charge on any atom is -0.393 e. The lowest BCUT2D eigenvalue weighted by molar-refractivity contribution is -0.116. The van der Waals surface area contributed by atoms with Gasteiger partial charge in [0.15, 0.2) is 0 Å². The Labute approximate surface area is 222 Å². The number of aromatic amines is 1. The van der Waals surface area contributed by atoms with E-state index < -0.39 is 0 Å². The van der Waals surface area contributed by atoms with Gasteiger partial charge >= 0.3 is 0 Å². The Kier molecular flexibility index (Phi) is 6.90. The van der Waals surface area contributed by atoms with Crippen LogP contribution in [-0.4, -0.2) is 51.8 Å². The van der Waals surface area contributed by atoms with Crippen molar-refractivity contribution in [1.29, 1.82) is 0 Å². The zero-order valence-corrected chi connectivity index (χ0v) is 21.3. The van der Waals surface area contributed by atoms with Crippen LogP contribution in [0, 0.1) is 0 Å². The predicted molar refractivity (Wildman–Crippen MR) is 152 cm³/mol. The van der Waals surface area contributed by atoms with Crippen LogP contribution < -0.4 is 5.32 Å². The van der Waals surface area contributed by atoms with Crippen molar-refractivity contribution >= 4 is 35.0 Å². The third-order valence-corrected chi connectivity index (χ3v) is 7.62. The molecule has 6 rings (SSSR count). The van der Waals surface area contributed by atoms with Crippen LogP contribution in [0.1, 0.15) is 46.7 Å². The Morgan fingerprint density at radius 2 is 1.71 bits per heavy atom. The zero-order valence-electron chi connectivity index (χ0n) is 21.3. The van der Waals surface area contributed by atoms with Crippen LogP contribution >= 0.6 is 0 Å². The van der Waals surface area contributed by atoms with Crippen LogP contribution in [0.25, 0.3) is 29.1 Å². The molecule has 1 atom stereocenters. The molecule has 192 valence electrons. The van der Waals surface area contributed by atoms with E-state index in [2.05, 4.69) is 75.0 Å². The first kappa shape index (κ1) is 24.3. The number of likely N-dealkylation sites (tertiary alicyclic amines) is 1. The van der Waals surface area contributed by atoms with Crippen molar-refractivity contribution in [3.63, 3.8) is 0 Å². The number of hydrogen-bond donors (Lipinski definition) is 3. The van der Waals surface area contributed by atoms with Crippen molar-refractivity contribution in [2.75, 3.05) is 19.6 Å². The second-order valence-electron chi connectivity index (χ2n) is 10.3. The maximum atomic E-state index is 12.6. The molecule has 0 saturated carbocycles. The molecule has 2 aliphatic rings. The van der Waals surface area contributed by atoms with E-state index in [0.717, 1.165) is 71.3 Å². The van der Waals surface area contributed by atoms with Crippen LogP contribution in [0.2, 0.25) is 0 Å². The van der Waals surface area contributed by atoms with Crippen molar-refractivity contribution in [3.05, 3.63) is 106 Å². The summed E-state index contributed by atoms with van der Waals surface area (Å²) in [6, 6.07) is 25.0. The van der Waals surface area contributed by atoms with Gasteiger partial charge < -0.3 is 10.4 Å². The van der Waals surface area contributed by atoms with Gasteiger partial charge in [-0.3, -0.25) is 14.8 Å². The molecule has 2 fully saturated rings. The number of hydrogen-bond acceptors (Lipinski definition) is 4. The second-order valence-corrected chi connectivity index (χ2v) is 10.3. The fourth-order valence-electron chi connectivity index (χ4n) is 5.41. The first-order valence-corrected chi connectivity index (χ1v) is 13.3. The molecule has 3 heterocycles. The van der Waals surface area contributed by atoms with E-state index in [1.807, 2.05) is 36.4 Å². The van der Waals surface area contributed by atoms with E-state index in [1.54, 1.807) is 0 Å². The molecule has 0 radical (unpaired) electrons. The van der Waals surface area contributed by atoms with Crippen molar-refractivity contribution in [2.24, 2.45) is 0 Å². The van der Waals surface area contributed by atoms with E-state index in [1.165, 1.54) is 5.56 Å². The molecule has 2 saturated heterocycles. The third kappa shape index (κ3) is 5.32. The Morgan fingerprint density at radius 3 is 2.50 bits per heavy atom. The molecule has 1 unspecified atom stereocenters. The number of carbonyl (C=O) groups excluding carboxylic acids is 1. The van der Waals surface area contributed by atoms with Gasteiger partial charge in [-0.15, -0.1) is 0 Å². The predicted octanol–water partition coefficient (Wildman–Crippen LogP) is 4.99. The number of aliphatic hydroxyl groups is 1. The fourth-order valence-corrected chi connectivity index (χ4v) is 5.41. The second kappa shape index (κ2) is 10.8. The van der Waals surface area contributed by atoms with Crippen molar-refractivity contribution in [1.82, 2.24) is 20.4 Å². The summed E-state index contributed by atoms with van der Waals surface area (Å²) in [5.74, 6) is 0.0479. The lowest BCUT2D eigenvalue weighted by Gasteiger charge is -2.29. The lowest BCUT2D eigenvalue weighted by atomic mass is 9.92. The number of nitrogens with zero attached hydrogens (tertiary/aromatic N) is 2. The molecule has 3 N–H and O–H groups in total. The largest absolute Gasteiger partial charge is 0.393 e. The molecule has 0 spiro atoms. The van der Waals surface area contributed by atoms with Gasteiger partial charge in [-0.2, -0.15) is 5.10 Å². The van der Waals surface area contributed by atoms with Gasteiger partial charge in [0.2, 0.25) is 5.91 Å². The first-order valence-electron chi connectivity index (χ1n) is 13.3. The molecule has 0 aliphatic carbocycles. The average molecular weight is 505 g/mol. The number of amides is 1. The summed E-state index contributed by atoms with van der Waals surface area (Å²) in [5, 5.41) is 21.4. The molecule has 6 nitrogen and oxygen atoms in total. The minimum absolute atomic E-state index is 0.00655. The monoisotopic (exact) mass is 504 g/mol. The summed E-state index contributed by atoms with van der Waals surface area (Å²) >= 11 is 0. The number of piperidine rings is 1. The van der Waals surface area contributed by atoms with Crippen LogP contribution in [0.3, 0.4) is 0 Å². The highest BCUT2D eigenvalue weighted by Gasteiger charge is 2.29. The number of rotatable bonds is 6. The molecule has 0 bridgehead atoms. The van der Waals surface area contributed by atoms with Crippen LogP contribution in [-0.2, 0) is 11.3 Å². The number of nitrogens with one attached hydrogen (secondary N) is 2. The van der Waals surface area contributed by atoms with Crippen molar-refractivity contribution < 1.29 is 9.90 Å². The smallest absolute Gasteiger partial charge is 0.247 e.